The fraction of sp³-hybridized carbons (Fsp3) is 0.529. The second kappa shape index (κ2) is 9.95. The van der Waals surface area contributed by atoms with Crippen LogP contribution in [0, 0.1) is 0 Å². The molecule has 0 atom stereocenters. The molecule has 0 spiro atoms. The normalized spacial score (nSPS) is 10.7. The molecule has 0 aliphatic heterocycles. The number of para-hydroxylation sites is 1. The summed E-state index contributed by atoms with van der Waals surface area (Å²) < 4.78 is 5.17. The summed E-state index contributed by atoms with van der Waals surface area (Å²) in [5, 5.41) is 9.05. The molecule has 22 heavy (non-hydrogen) atoms. The summed E-state index contributed by atoms with van der Waals surface area (Å²) in [7, 11) is 0. The number of carbonyl (C=O) groups excluding carboxylic acids is 1. The molecule has 0 aliphatic carbocycles. The van der Waals surface area contributed by atoms with Gasteiger partial charge in [0.05, 0.1) is 0 Å². The van der Waals surface area contributed by atoms with Crippen molar-refractivity contribution in [3.63, 3.8) is 0 Å². The predicted molar refractivity (Wildman–Crippen MR) is 85.3 cm³/mol. The highest BCUT2D eigenvalue weighted by molar-refractivity contribution is 5.91. The fourth-order valence-electron chi connectivity index (χ4n) is 2.32. The molecule has 5 heteroatoms. The molecule has 0 amide bonds. The average Bonchev–Trinajstić information content (AvgIpc) is 2.48. The quantitative estimate of drug-likeness (QED) is 0.531. The number of rotatable bonds is 10. The molecule has 0 aromatic heterocycles. The molecule has 0 saturated heterocycles. The van der Waals surface area contributed by atoms with E-state index in [-0.39, 0.29) is 23.7 Å². The first-order chi connectivity index (χ1) is 10.6. The van der Waals surface area contributed by atoms with E-state index in [1.807, 2.05) is 0 Å². The van der Waals surface area contributed by atoms with Crippen molar-refractivity contribution < 1.29 is 19.4 Å². The van der Waals surface area contributed by atoms with E-state index in [4.69, 9.17) is 9.84 Å². The Morgan fingerprint density at radius 3 is 2.32 bits per heavy atom. The Hall–Kier alpha value is -1.88. The Morgan fingerprint density at radius 2 is 1.73 bits per heavy atom. The first-order valence-corrected chi connectivity index (χ1v) is 7.83. The minimum absolute atomic E-state index is 0.00874. The van der Waals surface area contributed by atoms with Gasteiger partial charge < -0.3 is 14.7 Å². The lowest BCUT2D eigenvalue weighted by Crippen LogP contribution is -2.27. The van der Waals surface area contributed by atoms with Crippen molar-refractivity contribution in [3.05, 3.63) is 29.8 Å². The van der Waals surface area contributed by atoms with Gasteiger partial charge in [-0.05, 0) is 51.0 Å². The molecule has 0 radical (unpaired) electrons. The highest BCUT2D eigenvalue weighted by atomic mass is 16.5. The summed E-state index contributed by atoms with van der Waals surface area (Å²) in [6.45, 7) is 7.20. The van der Waals surface area contributed by atoms with Crippen molar-refractivity contribution in [1.29, 1.82) is 0 Å². The number of carboxylic acids is 1. The minimum atomic E-state index is -1.10. The van der Waals surface area contributed by atoms with Gasteiger partial charge in [-0.2, -0.15) is 0 Å². The highest BCUT2D eigenvalue weighted by Crippen LogP contribution is 2.18. The standard InChI is InChI=1S/C17H25NO4/c1-3-11-18(12-4-2)13-7-10-16(19)22-15-9-6-5-8-14(15)17(20)21/h5-6,8-9H,3-4,7,10-13H2,1-2H3,(H,20,21). The van der Waals surface area contributed by atoms with Gasteiger partial charge in [0.2, 0.25) is 0 Å². The maximum Gasteiger partial charge on any atom is 0.339 e. The van der Waals surface area contributed by atoms with Crippen LogP contribution in [0.3, 0.4) is 0 Å². The second-order valence-corrected chi connectivity index (χ2v) is 5.22. The van der Waals surface area contributed by atoms with Crippen molar-refractivity contribution in [1.82, 2.24) is 4.90 Å². The van der Waals surface area contributed by atoms with E-state index in [9.17, 15) is 9.59 Å². The van der Waals surface area contributed by atoms with E-state index in [1.54, 1.807) is 12.1 Å². The molecule has 1 rings (SSSR count). The lowest BCUT2D eigenvalue weighted by molar-refractivity contribution is -0.134. The largest absolute Gasteiger partial charge is 0.478 e. The maximum absolute atomic E-state index is 11.9. The molecule has 0 fully saturated rings. The number of hydrogen-bond donors (Lipinski definition) is 1. The molecular weight excluding hydrogens is 282 g/mol. The molecule has 0 unspecified atom stereocenters. The van der Waals surface area contributed by atoms with E-state index < -0.39 is 5.97 Å². The monoisotopic (exact) mass is 307 g/mol. The third-order valence-corrected chi connectivity index (χ3v) is 3.28. The predicted octanol–water partition coefficient (Wildman–Crippen LogP) is 3.19. The Morgan fingerprint density at radius 1 is 1.09 bits per heavy atom. The van der Waals surface area contributed by atoms with Gasteiger partial charge in [-0.1, -0.05) is 26.0 Å². The van der Waals surface area contributed by atoms with Crippen LogP contribution in [0.25, 0.3) is 0 Å². The summed E-state index contributed by atoms with van der Waals surface area (Å²) in [5.74, 6) is -1.37. The van der Waals surface area contributed by atoms with Crippen LogP contribution >= 0.6 is 0 Å². The number of carboxylic acid groups (broad SMARTS) is 1. The smallest absolute Gasteiger partial charge is 0.339 e. The summed E-state index contributed by atoms with van der Waals surface area (Å²) in [5.41, 5.74) is 0.00874. The number of ether oxygens (including phenoxy) is 1. The van der Waals surface area contributed by atoms with Gasteiger partial charge in [0.1, 0.15) is 11.3 Å². The zero-order valence-electron chi connectivity index (χ0n) is 13.4. The van der Waals surface area contributed by atoms with Crippen molar-refractivity contribution in [2.75, 3.05) is 19.6 Å². The Bertz CT molecular complexity index is 481. The van der Waals surface area contributed by atoms with Crippen LogP contribution in [-0.2, 0) is 4.79 Å². The first kappa shape index (κ1) is 18.2. The average molecular weight is 307 g/mol. The maximum atomic E-state index is 11.9. The summed E-state index contributed by atoms with van der Waals surface area (Å²) in [6.07, 6.45) is 3.19. The molecule has 0 aliphatic rings. The van der Waals surface area contributed by atoms with Crippen molar-refractivity contribution in [3.8, 4) is 5.75 Å². The van der Waals surface area contributed by atoms with Gasteiger partial charge in [0.15, 0.2) is 0 Å². The first-order valence-electron chi connectivity index (χ1n) is 7.83. The van der Waals surface area contributed by atoms with Crippen LogP contribution in [0.4, 0.5) is 0 Å². The lowest BCUT2D eigenvalue weighted by atomic mass is 10.2. The van der Waals surface area contributed by atoms with Crippen LogP contribution in [0.5, 0.6) is 5.75 Å². The van der Waals surface area contributed by atoms with Gasteiger partial charge in [0, 0.05) is 6.42 Å². The number of carbonyl (C=O) groups is 2. The van der Waals surface area contributed by atoms with Crippen LogP contribution in [-0.4, -0.2) is 41.6 Å². The van der Waals surface area contributed by atoms with Crippen molar-refractivity contribution >= 4 is 11.9 Å². The minimum Gasteiger partial charge on any atom is -0.478 e. The van der Waals surface area contributed by atoms with Gasteiger partial charge in [-0.3, -0.25) is 4.79 Å². The Balaban J connectivity index is 2.45. The molecular formula is C17H25NO4. The number of aromatic carboxylic acids is 1. The molecule has 1 aromatic carbocycles. The van der Waals surface area contributed by atoms with Gasteiger partial charge in [-0.15, -0.1) is 0 Å². The Labute approximate surface area is 131 Å². The third-order valence-electron chi connectivity index (χ3n) is 3.28. The van der Waals surface area contributed by atoms with E-state index in [0.717, 1.165) is 32.5 Å². The van der Waals surface area contributed by atoms with E-state index >= 15 is 0 Å². The fourth-order valence-corrected chi connectivity index (χ4v) is 2.32. The SMILES string of the molecule is CCCN(CCC)CCCC(=O)Oc1ccccc1C(=O)O. The van der Waals surface area contributed by atoms with Crippen molar-refractivity contribution in [2.24, 2.45) is 0 Å². The topological polar surface area (TPSA) is 66.8 Å². The molecule has 0 bridgehead atoms. The number of benzene rings is 1. The molecule has 1 N–H and O–H groups in total. The number of esters is 1. The molecule has 1 aromatic rings. The van der Waals surface area contributed by atoms with Gasteiger partial charge >= 0.3 is 11.9 Å². The van der Waals surface area contributed by atoms with Gasteiger partial charge in [0.25, 0.3) is 0 Å². The van der Waals surface area contributed by atoms with E-state index in [1.165, 1.54) is 12.1 Å². The molecule has 5 nitrogen and oxygen atoms in total. The molecule has 122 valence electrons. The lowest BCUT2D eigenvalue weighted by Gasteiger charge is -2.20. The summed E-state index contributed by atoms with van der Waals surface area (Å²) in [4.78, 5) is 25.2. The Kier molecular flexibility index (Phi) is 8.22. The van der Waals surface area contributed by atoms with Crippen LogP contribution in [0.2, 0.25) is 0 Å². The zero-order valence-corrected chi connectivity index (χ0v) is 13.4. The molecule has 0 saturated carbocycles. The highest BCUT2D eigenvalue weighted by Gasteiger charge is 2.14. The van der Waals surface area contributed by atoms with Crippen LogP contribution in [0.1, 0.15) is 49.9 Å². The number of nitrogens with zero attached hydrogens (tertiary/aromatic N) is 1. The third kappa shape index (κ3) is 6.26. The van der Waals surface area contributed by atoms with E-state index in [0.29, 0.717) is 6.42 Å². The van der Waals surface area contributed by atoms with Crippen LogP contribution < -0.4 is 4.74 Å². The zero-order chi connectivity index (χ0) is 16.4. The van der Waals surface area contributed by atoms with Crippen LogP contribution in [0.15, 0.2) is 24.3 Å². The summed E-state index contributed by atoms with van der Waals surface area (Å²) in [6, 6.07) is 6.18. The van der Waals surface area contributed by atoms with Crippen molar-refractivity contribution in [2.45, 2.75) is 39.5 Å². The van der Waals surface area contributed by atoms with E-state index in [2.05, 4.69) is 18.7 Å². The second-order valence-electron chi connectivity index (χ2n) is 5.22. The molecule has 0 heterocycles. The van der Waals surface area contributed by atoms with Gasteiger partial charge in [-0.25, -0.2) is 4.79 Å². The summed E-state index contributed by atoms with van der Waals surface area (Å²) >= 11 is 0. The number of hydrogen-bond acceptors (Lipinski definition) is 4.